The van der Waals surface area contributed by atoms with E-state index in [1.165, 1.54) is 31.0 Å². The Hall–Kier alpha value is 0.394. The molecule has 0 aliphatic heterocycles. The van der Waals surface area contributed by atoms with E-state index in [1.807, 2.05) is 0 Å². The van der Waals surface area contributed by atoms with Gasteiger partial charge in [0.2, 0.25) is 0 Å². The zero-order valence-electron chi connectivity index (χ0n) is 8.07. The summed E-state index contributed by atoms with van der Waals surface area (Å²) in [5, 5.41) is 0. The van der Waals surface area contributed by atoms with Crippen LogP contribution in [0.2, 0.25) is 18.1 Å². The number of rotatable bonds is 8. The molecule has 0 aliphatic rings. The highest BCUT2D eigenvalue weighted by Crippen LogP contribution is 1.97. The summed E-state index contributed by atoms with van der Waals surface area (Å²) in [5.41, 5.74) is 0. The molecule has 0 unspecified atom stereocenters. The summed E-state index contributed by atoms with van der Waals surface area (Å²) in [4.78, 5) is 0. The molecule has 0 radical (unpaired) electrons. The lowest BCUT2D eigenvalue weighted by molar-refractivity contribution is 0.326. The second kappa shape index (κ2) is 10.4. The molecule has 0 aromatic carbocycles. The van der Waals surface area contributed by atoms with E-state index in [9.17, 15) is 0 Å². The Kier molecular flexibility index (Phi) is 10.8. The minimum atomic E-state index is -0.106. The average molecular weight is 190 g/mol. The van der Waals surface area contributed by atoms with E-state index in [0.717, 1.165) is 6.61 Å². The van der Waals surface area contributed by atoms with Crippen molar-refractivity contribution in [1.29, 1.82) is 0 Å². The van der Waals surface area contributed by atoms with Crippen molar-refractivity contribution in [3.63, 3.8) is 0 Å². The van der Waals surface area contributed by atoms with E-state index in [4.69, 9.17) is 4.43 Å². The molecular weight excluding hydrogens is 168 g/mol. The van der Waals surface area contributed by atoms with Crippen molar-refractivity contribution in [2.24, 2.45) is 0 Å². The standard InChI is InChI=1S/C8H22OSi2/c1-3-10-8-6-5-7-9-11-4-2/h3-8,10-11H2,1-2H3. The zero-order chi connectivity index (χ0) is 8.36. The Balaban J connectivity index is 2.69. The van der Waals surface area contributed by atoms with Crippen molar-refractivity contribution >= 4 is 19.3 Å². The lowest BCUT2D eigenvalue weighted by Crippen LogP contribution is -1.99. The third-order valence-electron chi connectivity index (χ3n) is 1.74. The van der Waals surface area contributed by atoms with Crippen LogP contribution in [0.4, 0.5) is 0 Å². The first-order chi connectivity index (χ1) is 5.41. The topological polar surface area (TPSA) is 9.23 Å². The summed E-state index contributed by atoms with van der Waals surface area (Å²) >= 11 is 0. The molecule has 0 aromatic rings. The van der Waals surface area contributed by atoms with Crippen LogP contribution in [-0.2, 0) is 4.43 Å². The summed E-state index contributed by atoms with van der Waals surface area (Å²) in [6.07, 6.45) is 2.75. The Labute approximate surface area is 75.7 Å². The second-order valence-electron chi connectivity index (χ2n) is 3.03. The normalized spacial score (nSPS) is 12.5. The van der Waals surface area contributed by atoms with Crippen LogP contribution < -0.4 is 0 Å². The maximum absolute atomic E-state index is 5.52. The average Bonchev–Trinajstić information content (AvgIpc) is 2.03. The van der Waals surface area contributed by atoms with Gasteiger partial charge in [-0.05, 0) is 12.5 Å². The monoisotopic (exact) mass is 190 g/mol. The third kappa shape index (κ3) is 10.4. The van der Waals surface area contributed by atoms with Crippen molar-refractivity contribution in [3.8, 4) is 0 Å². The predicted octanol–water partition coefficient (Wildman–Crippen LogP) is 1.33. The van der Waals surface area contributed by atoms with Crippen LogP contribution in [0.3, 0.4) is 0 Å². The molecule has 0 rings (SSSR count). The smallest absolute Gasteiger partial charge is 0.161 e. The highest BCUT2D eigenvalue weighted by atomic mass is 28.2. The largest absolute Gasteiger partial charge is 0.424 e. The van der Waals surface area contributed by atoms with Gasteiger partial charge < -0.3 is 4.43 Å². The highest BCUT2D eigenvalue weighted by Gasteiger charge is 1.89. The molecule has 0 atom stereocenters. The third-order valence-corrected chi connectivity index (χ3v) is 4.43. The van der Waals surface area contributed by atoms with E-state index < -0.39 is 0 Å². The minimum absolute atomic E-state index is 0.106. The molecule has 0 fully saturated rings. The fraction of sp³-hybridized carbons (Fsp3) is 1.00. The van der Waals surface area contributed by atoms with Gasteiger partial charge in [-0.25, -0.2) is 0 Å². The van der Waals surface area contributed by atoms with Gasteiger partial charge in [-0.1, -0.05) is 32.4 Å². The van der Waals surface area contributed by atoms with Gasteiger partial charge in [-0.15, -0.1) is 0 Å². The van der Waals surface area contributed by atoms with Gasteiger partial charge in [-0.2, -0.15) is 0 Å². The van der Waals surface area contributed by atoms with Crippen molar-refractivity contribution in [2.45, 2.75) is 44.8 Å². The van der Waals surface area contributed by atoms with Crippen LogP contribution in [0.25, 0.3) is 0 Å². The van der Waals surface area contributed by atoms with Crippen LogP contribution in [-0.4, -0.2) is 25.9 Å². The van der Waals surface area contributed by atoms with Crippen molar-refractivity contribution < 1.29 is 4.43 Å². The Bertz CT molecular complexity index is 61.1. The molecule has 0 N–H and O–H groups in total. The van der Waals surface area contributed by atoms with Gasteiger partial charge in [0.1, 0.15) is 0 Å². The lowest BCUT2D eigenvalue weighted by Gasteiger charge is -2.00. The van der Waals surface area contributed by atoms with Crippen LogP contribution in [0.15, 0.2) is 0 Å². The Morgan fingerprint density at radius 1 is 1.09 bits per heavy atom. The maximum Gasteiger partial charge on any atom is 0.161 e. The number of unbranched alkanes of at least 4 members (excludes halogenated alkanes) is 1. The summed E-state index contributed by atoms with van der Waals surface area (Å²) in [6.45, 7) is 5.58. The van der Waals surface area contributed by atoms with Crippen LogP contribution >= 0.6 is 0 Å². The summed E-state index contributed by atoms with van der Waals surface area (Å²) in [5.74, 6) is 0. The lowest BCUT2D eigenvalue weighted by atomic mass is 10.4. The minimum Gasteiger partial charge on any atom is -0.424 e. The predicted molar refractivity (Wildman–Crippen MR) is 58.0 cm³/mol. The van der Waals surface area contributed by atoms with Crippen LogP contribution in [0.1, 0.15) is 26.7 Å². The fourth-order valence-corrected chi connectivity index (χ4v) is 2.96. The van der Waals surface area contributed by atoms with Crippen molar-refractivity contribution in [1.82, 2.24) is 0 Å². The zero-order valence-corrected chi connectivity index (χ0v) is 10.9. The van der Waals surface area contributed by atoms with Gasteiger partial charge in [0.15, 0.2) is 9.76 Å². The summed E-state index contributed by atoms with van der Waals surface area (Å²) < 4.78 is 5.52. The second-order valence-corrected chi connectivity index (χ2v) is 7.26. The SMILES string of the molecule is CC[SiH2]CCCCO[SiH2]CC. The highest BCUT2D eigenvalue weighted by molar-refractivity contribution is 6.35. The molecular formula is C8H22OSi2. The molecule has 0 heterocycles. The van der Waals surface area contributed by atoms with Gasteiger partial charge in [0, 0.05) is 16.1 Å². The molecule has 0 saturated carbocycles. The van der Waals surface area contributed by atoms with E-state index in [1.54, 1.807) is 0 Å². The molecule has 11 heavy (non-hydrogen) atoms. The molecule has 3 heteroatoms. The van der Waals surface area contributed by atoms with Gasteiger partial charge in [0.25, 0.3) is 0 Å². The van der Waals surface area contributed by atoms with Gasteiger partial charge in [-0.3, -0.25) is 0 Å². The number of hydrogen-bond donors (Lipinski definition) is 0. The first kappa shape index (κ1) is 11.4. The van der Waals surface area contributed by atoms with E-state index in [0.29, 0.717) is 9.52 Å². The molecule has 0 amide bonds. The first-order valence-electron chi connectivity index (χ1n) is 4.99. The summed E-state index contributed by atoms with van der Waals surface area (Å²) in [7, 11) is 0.232. The fourth-order valence-electron chi connectivity index (χ4n) is 1.05. The van der Waals surface area contributed by atoms with Gasteiger partial charge in [0.05, 0.1) is 0 Å². The molecule has 68 valence electrons. The Morgan fingerprint density at radius 2 is 1.91 bits per heavy atom. The first-order valence-corrected chi connectivity index (χ1v) is 8.57. The van der Waals surface area contributed by atoms with E-state index >= 15 is 0 Å². The molecule has 0 aliphatic carbocycles. The van der Waals surface area contributed by atoms with Crippen LogP contribution in [0, 0.1) is 0 Å². The molecule has 0 saturated heterocycles. The molecule has 0 aromatic heterocycles. The van der Waals surface area contributed by atoms with Crippen molar-refractivity contribution in [2.75, 3.05) is 6.61 Å². The summed E-state index contributed by atoms with van der Waals surface area (Å²) in [6, 6.07) is 4.31. The van der Waals surface area contributed by atoms with E-state index in [-0.39, 0.29) is 9.76 Å². The van der Waals surface area contributed by atoms with Crippen LogP contribution in [0.5, 0.6) is 0 Å². The molecule has 0 spiro atoms. The molecule has 1 nitrogen and oxygen atoms in total. The quantitative estimate of drug-likeness (QED) is 0.414. The Morgan fingerprint density at radius 3 is 2.55 bits per heavy atom. The number of hydrogen-bond acceptors (Lipinski definition) is 1. The van der Waals surface area contributed by atoms with E-state index in [2.05, 4.69) is 13.8 Å². The molecule has 0 bridgehead atoms. The van der Waals surface area contributed by atoms with Crippen molar-refractivity contribution in [3.05, 3.63) is 0 Å². The maximum atomic E-state index is 5.52. The van der Waals surface area contributed by atoms with Gasteiger partial charge >= 0.3 is 0 Å².